The molecule has 14 nitrogen and oxygen atoms in total. The number of hydrogen-bond acceptors (Lipinski definition) is 9. The van der Waals surface area contributed by atoms with Gasteiger partial charge >= 0.3 is 13.9 Å². The molecule has 226 valence electrons. The van der Waals surface area contributed by atoms with Crippen LogP contribution < -0.4 is 5.32 Å². The molecule has 1 fully saturated rings. The Bertz CT molecular complexity index is 1310. The maximum atomic E-state index is 13.7. The molecule has 0 aromatic heterocycles. The lowest BCUT2D eigenvalue weighted by atomic mass is 10.0. The molecule has 1 aliphatic heterocycles. The Morgan fingerprint density at radius 1 is 1.15 bits per heavy atom. The number of carbonyl (C=O) groups excluding carboxylic acids is 1. The zero-order valence-electron chi connectivity index (χ0n) is 22.6. The number of benzene rings is 2. The minimum absolute atomic E-state index is 0.0484. The second kappa shape index (κ2) is 14.3. The van der Waals surface area contributed by atoms with E-state index in [0.717, 1.165) is 28.6 Å². The number of nitrogens with one attached hydrogen (secondary N) is 1. The Labute approximate surface area is 238 Å². The maximum absolute atomic E-state index is 13.7. The van der Waals surface area contributed by atoms with Gasteiger partial charge in [0.2, 0.25) is 10.0 Å². The number of rotatable bonds is 14. The molecule has 0 aliphatic carbocycles. The number of nitro benzene ring substituents is 1. The van der Waals surface area contributed by atoms with Crippen molar-refractivity contribution in [3.05, 3.63) is 70.3 Å². The molecular weight excluding hydrogens is 581 g/mol. The van der Waals surface area contributed by atoms with Crippen molar-refractivity contribution in [3.63, 3.8) is 0 Å². The number of phosphoric ester groups is 1. The lowest BCUT2D eigenvalue weighted by Crippen LogP contribution is -2.48. The Kier molecular flexibility index (Phi) is 11.4. The first-order chi connectivity index (χ1) is 19.2. The minimum atomic E-state index is -5.21. The van der Waals surface area contributed by atoms with Crippen LogP contribution in [0, 0.1) is 16.0 Å². The molecule has 0 radical (unpaired) electrons. The standard InChI is InChI=1S/C25H34N3O11PS/c1-18(2)15-27(41(35,36)22-10-8-21(9-11-22)28(30)31)16-24(39-40(32,33)34)23(14-19-6-4-3-5-7-19)38-25(29)26-20-12-13-37-17-20/h3-11,18,20,23-24H,12-17H2,1-2H3,(H,26,29)(H2,32,33,34)/t20-,23-,24-/m0/s1. The van der Waals surface area contributed by atoms with Gasteiger partial charge in [0.05, 0.1) is 22.5 Å². The number of alkyl carbamates (subject to hydrolysis) is 1. The number of carbonyl (C=O) groups is 1. The molecule has 3 atom stereocenters. The van der Waals surface area contributed by atoms with Gasteiger partial charge in [-0.2, -0.15) is 4.31 Å². The molecule has 41 heavy (non-hydrogen) atoms. The Morgan fingerprint density at radius 2 is 1.80 bits per heavy atom. The number of phosphoric acid groups is 1. The van der Waals surface area contributed by atoms with Crippen molar-refractivity contribution >= 4 is 29.6 Å². The summed E-state index contributed by atoms with van der Waals surface area (Å²) >= 11 is 0. The van der Waals surface area contributed by atoms with Crippen LogP contribution >= 0.6 is 7.82 Å². The zero-order chi connectivity index (χ0) is 30.2. The van der Waals surface area contributed by atoms with E-state index in [1.165, 1.54) is 0 Å². The van der Waals surface area contributed by atoms with Gasteiger partial charge in [-0.1, -0.05) is 44.2 Å². The average Bonchev–Trinajstić information content (AvgIpc) is 3.40. The molecule has 0 spiro atoms. The van der Waals surface area contributed by atoms with Crippen molar-refractivity contribution in [2.75, 3.05) is 26.3 Å². The normalized spacial score (nSPS) is 17.4. The quantitative estimate of drug-likeness (QED) is 0.161. The van der Waals surface area contributed by atoms with E-state index < -0.39 is 47.6 Å². The number of amides is 1. The molecule has 1 saturated heterocycles. The first kappa shape index (κ1) is 32.6. The predicted molar refractivity (Wildman–Crippen MR) is 146 cm³/mol. The minimum Gasteiger partial charge on any atom is -0.443 e. The van der Waals surface area contributed by atoms with Crippen LogP contribution in [-0.2, 0) is 35.0 Å². The molecular formula is C25H34N3O11PS. The van der Waals surface area contributed by atoms with Crippen LogP contribution in [0.2, 0.25) is 0 Å². The average molecular weight is 616 g/mol. The first-order valence-corrected chi connectivity index (χ1v) is 15.8. The molecule has 1 amide bonds. The molecule has 2 aromatic carbocycles. The Morgan fingerprint density at radius 3 is 2.34 bits per heavy atom. The monoisotopic (exact) mass is 615 g/mol. The van der Waals surface area contributed by atoms with Gasteiger partial charge in [-0.25, -0.2) is 17.8 Å². The highest BCUT2D eigenvalue weighted by molar-refractivity contribution is 7.89. The predicted octanol–water partition coefficient (Wildman–Crippen LogP) is 2.85. The largest absolute Gasteiger partial charge is 0.470 e. The molecule has 3 rings (SSSR count). The first-order valence-electron chi connectivity index (χ1n) is 12.8. The third-order valence-electron chi connectivity index (χ3n) is 6.11. The van der Waals surface area contributed by atoms with Gasteiger partial charge in [0, 0.05) is 38.2 Å². The molecule has 1 heterocycles. The summed E-state index contributed by atoms with van der Waals surface area (Å²) in [6, 6.07) is 12.6. The van der Waals surface area contributed by atoms with E-state index in [1.807, 2.05) is 0 Å². The molecule has 0 unspecified atom stereocenters. The van der Waals surface area contributed by atoms with Crippen LogP contribution in [0.4, 0.5) is 10.5 Å². The van der Waals surface area contributed by atoms with Crippen molar-refractivity contribution < 1.29 is 46.5 Å². The van der Waals surface area contributed by atoms with E-state index in [1.54, 1.807) is 44.2 Å². The van der Waals surface area contributed by atoms with Crippen molar-refractivity contribution in [1.29, 1.82) is 0 Å². The molecule has 16 heteroatoms. The number of hydrogen-bond donors (Lipinski definition) is 3. The van der Waals surface area contributed by atoms with Crippen molar-refractivity contribution in [2.24, 2.45) is 5.92 Å². The smallest absolute Gasteiger partial charge is 0.443 e. The molecule has 1 aliphatic rings. The summed E-state index contributed by atoms with van der Waals surface area (Å²) in [5.41, 5.74) is 0.333. The molecule has 0 bridgehead atoms. The second-order valence-corrected chi connectivity index (χ2v) is 13.1. The number of ether oxygens (including phenoxy) is 2. The topological polar surface area (TPSA) is 195 Å². The summed E-state index contributed by atoms with van der Waals surface area (Å²) in [6.07, 6.45) is -3.30. The van der Waals surface area contributed by atoms with Crippen LogP contribution in [-0.4, -0.2) is 78.1 Å². The summed E-state index contributed by atoms with van der Waals surface area (Å²) in [7, 11) is -9.55. The van der Waals surface area contributed by atoms with Crippen LogP contribution in [0.15, 0.2) is 59.5 Å². The fourth-order valence-electron chi connectivity index (χ4n) is 4.24. The fourth-order valence-corrected chi connectivity index (χ4v) is 6.42. The zero-order valence-corrected chi connectivity index (χ0v) is 24.3. The highest BCUT2D eigenvalue weighted by Gasteiger charge is 2.38. The van der Waals surface area contributed by atoms with Crippen LogP contribution in [0.5, 0.6) is 0 Å². The highest BCUT2D eigenvalue weighted by atomic mass is 32.2. The number of non-ortho nitro benzene ring substituents is 1. The Balaban J connectivity index is 1.97. The van der Waals surface area contributed by atoms with Crippen molar-refractivity contribution in [2.45, 2.75) is 49.8 Å². The van der Waals surface area contributed by atoms with E-state index in [0.29, 0.717) is 18.6 Å². The van der Waals surface area contributed by atoms with Crippen molar-refractivity contribution in [1.82, 2.24) is 9.62 Å². The summed E-state index contributed by atoms with van der Waals surface area (Å²) in [5.74, 6) is -0.238. The van der Waals surface area contributed by atoms with Gasteiger partial charge in [-0.05, 0) is 30.0 Å². The molecule has 2 aromatic rings. The van der Waals surface area contributed by atoms with Gasteiger partial charge in [-0.3, -0.25) is 14.6 Å². The van der Waals surface area contributed by atoms with Crippen LogP contribution in [0.25, 0.3) is 0 Å². The molecule has 0 saturated carbocycles. The summed E-state index contributed by atoms with van der Waals surface area (Å²) in [4.78, 5) is 42.4. The summed E-state index contributed by atoms with van der Waals surface area (Å²) < 4.78 is 56.3. The second-order valence-electron chi connectivity index (χ2n) is 9.94. The third-order valence-corrected chi connectivity index (χ3v) is 8.51. The van der Waals surface area contributed by atoms with E-state index >= 15 is 0 Å². The van der Waals surface area contributed by atoms with E-state index in [4.69, 9.17) is 14.0 Å². The van der Waals surface area contributed by atoms with Gasteiger partial charge in [0.15, 0.2) is 0 Å². The number of nitrogens with zero attached hydrogens (tertiary/aromatic N) is 2. The number of nitro groups is 1. The van der Waals surface area contributed by atoms with Gasteiger partial charge < -0.3 is 24.6 Å². The van der Waals surface area contributed by atoms with Gasteiger partial charge in [0.25, 0.3) is 5.69 Å². The van der Waals surface area contributed by atoms with Crippen molar-refractivity contribution in [3.8, 4) is 0 Å². The van der Waals surface area contributed by atoms with Gasteiger partial charge in [-0.15, -0.1) is 0 Å². The van der Waals surface area contributed by atoms with E-state index in [-0.39, 0.29) is 42.1 Å². The fraction of sp³-hybridized carbons (Fsp3) is 0.480. The van der Waals surface area contributed by atoms with Crippen LogP contribution in [0.3, 0.4) is 0 Å². The highest BCUT2D eigenvalue weighted by Crippen LogP contribution is 2.39. The SMILES string of the molecule is CC(C)CN(C[C@H](OP(=O)(O)O)[C@H](Cc1ccccc1)OC(=O)N[C@H]1CCOC1)S(=O)(=O)c1ccc([N+](=O)[O-])cc1. The van der Waals surface area contributed by atoms with Gasteiger partial charge in [0.1, 0.15) is 12.2 Å². The van der Waals surface area contributed by atoms with E-state index in [9.17, 15) is 37.7 Å². The lowest BCUT2D eigenvalue weighted by Gasteiger charge is -2.32. The third kappa shape index (κ3) is 10.1. The maximum Gasteiger partial charge on any atom is 0.470 e. The number of sulfonamides is 1. The summed E-state index contributed by atoms with van der Waals surface area (Å²) in [6.45, 7) is 3.52. The summed E-state index contributed by atoms with van der Waals surface area (Å²) in [5, 5.41) is 13.7. The lowest BCUT2D eigenvalue weighted by molar-refractivity contribution is -0.384. The molecule has 3 N–H and O–H groups in total. The van der Waals surface area contributed by atoms with Crippen LogP contribution in [0.1, 0.15) is 25.8 Å². The Hall–Kier alpha value is -2.91. The van der Waals surface area contributed by atoms with E-state index in [2.05, 4.69) is 5.32 Å².